The van der Waals surface area contributed by atoms with Gasteiger partial charge in [-0.05, 0) is 45.2 Å². The van der Waals surface area contributed by atoms with Crippen LogP contribution in [0.4, 0.5) is 8.78 Å². The van der Waals surface area contributed by atoms with Crippen LogP contribution in [0.2, 0.25) is 0 Å². The van der Waals surface area contributed by atoms with E-state index in [9.17, 15) is 13.6 Å². The van der Waals surface area contributed by atoms with Crippen LogP contribution in [0.25, 0.3) is 0 Å². The largest absolute Gasteiger partial charge is 0.338 e. The molecule has 0 spiro atoms. The molecule has 3 nitrogen and oxygen atoms in total. The summed E-state index contributed by atoms with van der Waals surface area (Å²) in [4.78, 5) is 16.1. The summed E-state index contributed by atoms with van der Waals surface area (Å²) in [6.07, 6.45) is 4.13. The van der Waals surface area contributed by atoms with Gasteiger partial charge in [-0.25, -0.2) is 8.78 Å². The van der Waals surface area contributed by atoms with Gasteiger partial charge in [0.2, 0.25) is 5.91 Å². The molecule has 2 heterocycles. The monoisotopic (exact) mass is 322 g/mol. The minimum atomic E-state index is -0.546. The van der Waals surface area contributed by atoms with Crippen molar-refractivity contribution in [3.63, 3.8) is 0 Å². The van der Waals surface area contributed by atoms with Crippen LogP contribution in [-0.4, -0.2) is 40.9 Å². The molecule has 0 aliphatic carbocycles. The second kappa shape index (κ2) is 6.56. The molecular weight excluding hydrogens is 298 g/mol. The van der Waals surface area contributed by atoms with Crippen LogP contribution in [0.3, 0.4) is 0 Å². The van der Waals surface area contributed by atoms with Gasteiger partial charge in [-0.1, -0.05) is 6.07 Å². The third-order valence-electron chi connectivity index (χ3n) is 5.40. The van der Waals surface area contributed by atoms with E-state index in [4.69, 9.17) is 0 Å². The molecule has 1 aromatic rings. The average Bonchev–Trinajstić information content (AvgIpc) is 3.15. The topological polar surface area (TPSA) is 23.6 Å². The zero-order chi connectivity index (χ0) is 16.6. The minimum absolute atomic E-state index is 0.113. The molecule has 3 unspecified atom stereocenters. The first-order valence-electron chi connectivity index (χ1n) is 8.47. The Labute approximate surface area is 136 Å². The lowest BCUT2D eigenvalue weighted by Crippen LogP contribution is -2.48. The highest BCUT2D eigenvalue weighted by atomic mass is 19.1. The molecular formula is C18H24F2N2O. The van der Waals surface area contributed by atoms with Crippen molar-refractivity contribution in [1.82, 2.24) is 9.80 Å². The number of halogens is 2. The Morgan fingerprint density at radius 3 is 2.57 bits per heavy atom. The van der Waals surface area contributed by atoms with Gasteiger partial charge in [-0.3, -0.25) is 9.69 Å². The number of benzene rings is 1. The zero-order valence-electron chi connectivity index (χ0n) is 13.8. The van der Waals surface area contributed by atoms with E-state index >= 15 is 0 Å². The first-order valence-corrected chi connectivity index (χ1v) is 8.47. The number of likely N-dealkylation sites (tertiary alicyclic amines) is 2. The summed E-state index contributed by atoms with van der Waals surface area (Å²) in [5, 5.41) is 0. The number of nitrogens with zero attached hydrogens (tertiary/aromatic N) is 2. The van der Waals surface area contributed by atoms with Gasteiger partial charge in [0.25, 0.3) is 0 Å². The minimum Gasteiger partial charge on any atom is -0.338 e. The highest BCUT2D eigenvalue weighted by molar-refractivity contribution is 5.74. The normalized spacial score (nSPS) is 26.7. The Morgan fingerprint density at radius 1 is 1.17 bits per heavy atom. The molecule has 1 aromatic carbocycles. The van der Waals surface area contributed by atoms with Crippen LogP contribution in [-0.2, 0) is 4.79 Å². The van der Waals surface area contributed by atoms with E-state index in [1.54, 1.807) is 13.0 Å². The molecule has 0 bridgehead atoms. The van der Waals surface area contributed by atoms with Gasteiger partial charge < -0.3 is 4.90 Å². The Kier molecular flexibility index (Phi) is 4.67. The van der Waals surface area contributed by atoms with Crippen LogP contribution >= 0.6 is 0 Å². The lowest BCUT2D eigenvalue weighted by Gasteiger charge is -2.38. The summed E-state index contributed by atoms with van der Waals surface area (Å²) in [6, 6.07) is 4.19. The lowest BCUT2D eigenvalue weighted by atomic mass is 9.99. The van der Waals surface area contributed by atoms with E-state index in [2.05, 4.69) is 4.90 Å². The van der Waals surface area contributed by atoms with Crippen molar-refractivity contribution in [3.05, 3.63) is 35.4 Å². The number of carbonyl (C=O) groups excluding carboxylic acids is 1. The maximum Gasteiger partial charge on any atom is 0.219 e. The van der Waals surface area contributed by atoms with Gasteiger partial charge in [0.15, 0.2) is 0 Å². The molecule has 3 atom stereocenters. The number of hydrogen-bond acceptors (Lipinski definition) is 2. The zero-order valence-corrected chi connectivity index (χ0v) is 13.8. The van der Waals surface area contributed by atoms with Crippen LogP contribution in [0.15, 0.2) is 18.2 Å². The molecule has 23 heavy (non-hydrogen) atoms. The van der Waals surface area contributed by atoms with Gasteiger partial charge in [-0.15, -0.1) is 0 Å². The van der Waals surface area contributed by atoms with Crippen molar-refractivity contribution in [3.8, 4) is 0 Å². The van der Waals surface area contributed by atoms with Gasteiger partial charge in [0.05, 0.1) is 0 Å². The molecule has 0 N–H and O–H groups in total. The molecule has 0 radical (unpaired) electrons. The molecule has 2 saturated heterocycles. The number of hydrogen-bond donors (Lipinski definition) is 0. The van der Waals surface area contributed by atoms with Crippen molar-refractivity contribution in [2.45, 2.75) is 57.7 Å². The van der Waals surface area contributed by atoms with Crippen molar-refractivity contribution in [2.75, 3.05) is 13.1 Å². The first kappa shape index (κ1) is 16.4. The molecule has 126 valence electrons. The summed E-state index contributed by atoms with van der Waals surface area (Å²) < 4.78 is 27.3. The van der Waals surface area contributed by atoms with Crippen LogP contribution in [0.5, 0.6) is 0 Å². The molecule has 0 saturated carbocycles. The van der Waals surface area contributed by atoms with Crippen molar-refractivity contribution >= 4 is 5.91 Å². The van der Waals surface area contributed by atoms with Gasteiger partial charge in [0, 0.05) is 43.2 Å². The molecule has 1 amide bonds. The first-order chi connectivity index (χ1) is 11.0. The maximum atomic E-state index is 14.1. The predicted molar refractivity (Wildman–Crippen MR) is 84.9 cm³/mol. The smallest absolute Gasteiger partial charge is 0.219 e. The Morgan fingerprint density at radius 2 is 1.87 bits per heavy atom. The fraction of sp³-hybridized carbons (Fsp3) is 0.611. The van der Waals surface area contributed by atoms with Gasteiger partial charge in [-0.2, -0.15) is 0 Å². The van der Waals surface area contributed by atoms with Gasteiger partial charge >= 0.3 is 0 Å². The summed E-state index contributed by atoms with van der Waals surface area (Å²) in [7, 11) is 0. The average molecular weight is 322 g/mol. The molecule has 5 heteroatoms. The molecule has 3 rings (SSSR count). The standard InChI is InChI=1S/C18H24F2N2O/c1-12(15-8-7-14(19)11-16(15)20)21-9-3-5-17(21)18-6-4-10-22(18)13(2)23/h7-8,11-12,17-18H,3-6,9-10H2,1-2H3. The van der Waals surface area contributed by atoms with Crippen molar-refractivity contribution in [1.29, 1.82) is 0 Å². The lowest BCUT2D eigenvalue weighted by molar-refractivity contribution is -0.130. The summed E-state index contributed by atoms with van der Waals surface area (Å²) in [5.41, 5.74) is 0.533. The van der Waals surface area contributed by atoms with E-state index < -0.39 is 11.6 Å². The van der Waals surface area contributed by atoms with E-state index in [0.29, 0.717) is 5.56 Å². The number of amides is 1. The summed E-state index contributed by atoms with van der Waals surface area (Å²) in [6.45, 7) is 5.32. The summed E-state index contributed by atoms with van der Waals surface area (Å²) >= 11 is 0. The van der Waals surface area contributed by atoms with Crippen LogP contribution in [0, 0.1) is 11.6 Å². The van der Waals surface area contributed by atoms with E-state index in [0.717, 1.165) is 44.8 Å². The van der Waals surface area contributed by atoms with Crippen LogP contribution in [0.1, 0.15) is 51.1 Å². The maximum absolute atomic E-state index is 14.1. The van der Waals surface area contributed by atoms with Crippen molar-refractivity contribution in [2.24, 2.45) is 0 Å². The highest BCUT2D eigenvalue weighted by Crippen LogP contribution is 2.36. The van der Waals surface area contributed by atoms with Crippen molar-refractivity contribution < 1.29 is 13.6 Å². The quantitative estimate of drug-likeness (QED) is 0.850. The van der Waals surface area contributed by atoms with E-state index in [1.165, 1.54) is 6.07 Å². The molecule has 2 fully saturated rings. The Bertz CT molecular complexity index is 592. The third-order valence-corrected chi connectivity index (χ3v) is 5.40. The molecule has 2 aliphatic heterocycles. The van der Waals surface area contributed by atoms with Crippen LogP contribution < -0.4 is 0 Å². The second-order valence-electron chi connectivity index (χ2n) is 6.71. The fourth-order valence-corrected chi connectivity index (χ4v) is 4.31. The summed E-state index contributed by atoms with van der Waals surface area (Å²) in [5.74, 6) is -0.909. The predicted octanol–water partition coefficient (Wildman–Crippen LogP) is 3.50. The molecule has 0 aromatic heterocycles. The Hall–Kier alpha value is -1.49. The number of rotatable bonds is 3. The van der Waals surface area contributed by atoms with E-state index in [1.807, 2.05) is 11.8 Å². The second-order valence-corrected chi connectivity index (χ2v) is 6.71. The third kappa shape index (κ3) is 3.11. The molecule has 2 aliphatic rings. The fourth-order valence-electron chi connectivity index (χ4n) is 4.31. The van der Waals surface area contributed by atoms with E-state index in [-0.39, 0.29) is 24.0 Å². The Balaban J connectivity index is 1.82. The highest BCUT2D eigenvalue weighted by Gasteiger charge is 2.40. The number of carbonyl (C=O) groups is 1. The SMILES string of the molecule is CC(=O)N1CCCC1C1CCCN1C(C)c1ccc(F)cc1F. The van der Waals surface area contributed by atoms with Gasteiger partial charge in [0.1, 0.15) is 11.6 Å².